The summed E-state index contributed by atoms with van der Waals surface area (Å²) in [6.07, 6.45) is 8.51. The number of thioether (sulfide) groups is 1. The normalized spacial score (nSPS) is 10.5. The van der Waals surface area contributed by atoms with E-state index in [0.29, 0.717) is 0 Å². The van der Waals surface area contributed by atoms with Gasteiger partial charge in [0.25, 0.3) is 0 Å². The molecule has 1 rings (SSSR count). The van der Waals surface area contributed by atoms with E-state index in [4.69, 9.17) is 0 Å². The number of hydrogen-bond acceptors (Lipinski definition) is 5. The van der Waals surface area contributed by atoms with Crippen molar-refractivity contribution in [2.75, 3.05) is 35.7 Å². The lowest BCUT2D eigenvalue weighted by Crippen LogP contribution is -2.10. The Morgan fingerprint density at radius 3 is 2.42 bits per heavy atom. The monoisotopic (exact) mass is 282 g/mol. The van der Waals surface area contributed by atoms with E-state index in [2.05, 4.69) is 40.7 Å². The molecule has 0 saturated carbocycles. The molecule has 0 aromatic carbocycles. The molecule has 1 aromatic heterocycles. The molecule has 108 valence electrons. The maximum absolute atomic E-state index is 4.36. The lowest BCUT2D eigenvalue weighted by Gasteiger charge is -2.13. The maximum Gasteiger partial charge on any atom is 0.134 e. The quantitative estimate of drug-likeness (QED) is 0.644. The van der Waals surface area contributed by atoms with Crippen LogP contribution in [-0.4, -0.2) is 35.1 Å². The largest absolute Gasteiger partial charge is 0.370 e. The highest BCUT2D eigenvalue weighted by Crippen LogP contribution is 2.20. The molecule has 0 aliphatic heterocycles. The van der Waals surface area contributed by atoms with Crippen molar-refractivity contribution in [3.63, 3.8) is 0 Å². The summed E-state index contributed by atoms with van der Waals surface area (Å²) in [5.74, 6) is 3.21. The predicted octanol–water partition coefficient (Wildman–Crippen LogP) is 3.42. The third kappa shape index (κ3) is 5.68. The average Bonchev–Trinajstić information content (AvgIpc) is 2.43. The van der Waals surface area contributed by atoms with E-state index in [0.717, 1.165) is 31.1 Å². The van der Waals surface area contributed by atoms with Crippen LogP contribution in [0.3, 0.4) is 0 Å². The minimum absolute atomic E-state index is 0.887. The number of unbranched alkanes of at least 4 members (excludes halogenated alkanes) is 2. The fourth-order valence-electron chi connectivity index (χ4n) is 1.97. The van der Waals surface area contributed by atoms with Crippen molar-refractivity contribution in [2.45, 2.75) is 39.5 Å². The highest BCUT2D eigenvalue weighted by atomic mass is 32.2. The second-order valence-corrected chi connectivity index (χ2v) is 5.40. The van der Waals surface area contributed by atoms with Crippen LogP contribution in [0.1, 0.15) is 38.7 Å². The van der Waals surface area contributed by atoms with E-state index in [9.17, 15) is 0 Å². The van der Waals surface area contributed by atoms with Crippen LogP contribution in [0.25, 0.3) is 0 Å². The van der Waals surface area contributed by atoms with Gasteiger partial charge in [-0.15, -0.1) is 0 Å². The van der Waals surface area contributed by atoms with Crippen molar-refractivity contribution >= 4 is 23.4 Å². The summed E-state index contributed by atoms with van der Waals surface area (Å²) < 4.78 is 0. The van der Waals surface area contributed by atoms with Crippen LogP contribution in [-0.2, 0) is 6.42 Å². The number of rotatable bonds is 10. The molecular formula is C14H26N4S. The zero-order chi connectivity index (χ0) is 13.9. The molecule has 1 heterocycles. The smallest absolute Gasteiger partial charge is 0.134 e. The van der Waals surface area contributed by atoms with Gasteiger partial charge in [0.15, 0.2) is 0 Å². The topological polar surface area (TPSA) is 49.8 Å². The van der Waals surface area contributed by atoms with Crippen molar-refractivity contribution in [1.29, 1.82) is 0 Å². The van der Waals surface area contributed by atoms with Crippen LogP contribution >= 0.6 is 11.8 Å². The Kier molecular flexibility index (Phi) is 8.38. The Bertz CT molecular complexity index is 357. The highest BCUT2D eigenvalue weighted by molar-refractivity contribution is 7.98. The minimum atomic E-state index is 0.887. The van der Waals surface area contributed by atoms with Gasteiger partial charge in [0.1, 0.15) is 18.0 Å². The molecule has 0 bridgehead atoms. The lowest BCUT2D eigenvalue weighted by molar-refractivity contribution is 0.747. The van der Waals surface area contributed by atoms with Gasteiger partial charge >= 0.3 is 0 Å². The molecule has 2 N–H and O–H groups in total. The Morgan fingerprint density at radius 2 is 1.79 bits per heavy atom. The second kappa shape index (κ2) is 9.89. The first-order chi connectivity index (χ1) is 9.33. The summed E-state index contributed by atoms with van der Waals surface area (Å²) in [5, 5.41) is 6.73. The Labute approximate surface area is 121 Å². The number of nitrogens with one attached hydrogen (secondary N) is 2. The molecular weight excluding hydrogens is 256 g/mol. The van der Waals surface area contributed by atoms with Crippen LogP contribution in [0.2, 0.25) is 0 Å². The van der Waals surface area contributed by atoms with E-state index < -0.39 is 0 Å². The number of nitrogens with zero attached hydrogens (tertiary/aromatic N) is 2. The predicted molar refractivity (Wildman–Crippen MR) is 86.3 cm³/mol. The van der Waals surface area contributed by atoms with Gasteiger partial charge in [-0.3, -0.25) is 0 Å². The standard InChI is InChI=1S/C14H26N4S/c1-4-12-13(15-5-2)17-11-18-14(12)16-9-7-6-8-10-19-3/h11H,4-10H2,1-3H3,(H2,15,16,17,18). The Hall–Kier alpha value is -0.970. The van der Waals surface area contributed by atoms with Gasteiger partial charge in [-0.2, -0.15) is 11.8 Å². The molecule has 0 aliphatic carbocycles. The van der Waals surface area contributed by atoms with Crippen LogP contribution in [0, 0.1) is 0 Å². The maximum atomic E-state index is 4.36. The fourth-order valence-corrected chi connectivity index (χ4v) is 2.47. The first kappa shape index (κ1) is 16.1. The molecule has 0 fully saturated rings. The SMILES string of the molecule is CCNc1ncnc(NCCCCCSC)c1CC. The molecule has 0 radical (unpaired) electrons. The van der Waals surface area contributed by atoms with Gasteiger partial charge in [-0.25, -0.2) is 9.97 Å². The molecule has 0 spiro atoms. The molecule has 5 heteroatoms. The molecule has 1 aromatic rings. The summed E-state index contributed by atoms with van der Waals surface area (Å²) >= 11 is 1.92. The third-order valence-corrected chi connectivity index (χ3v) is 3.66. The minimum Gasteiger partial charge on any atom is -0.370 e. The summed E-state index contributed by atoms with van der Waals surface area (Å²) in [5.41, 5.74) is 1.19. The summed E-state index contributed by atoms with van der Waals surface area (Å²) in [6.45, 7) is 6.10. The lowest BCUT2D eigenvalue weighted by atomic mass is 10.2. The van der Waals surface area contributed by atoms with Gasteiger partial charge in [0, 0.05) is 18.7 Å². The molecule has 19 heavy (non-hydrogen) atoms. The first-order valence-corrected chi connectivity index (χ1v) is 8.53. The Balaban J connectivity index is 2.46. The third-order valence-electron chi connectivity index (χ3n) is 2.96. The van der Waals surface area contributed by atoms with Crippen LogP contribution in [0.15, 0.2) is 6.33 Å². The molecule has 0 amide bonds. The van der Waals surface area contributed by atoms with E-state index >= 15 is 0 Å². The number of anilines is 2. The highest BCUT2D eigenvalue weighted by Gasteiger charge is 2.08. The molecule has 0 aliphatic rings. The van der Waals surface area contributed by atoms with Crippen molar-refractivity contribution in [3.05, 3.63) is 11.9 Å². The summed E-state index contributed by atoms with van der Waals surface area (Å²) in [6, 6.07) is 0. The van der Waals surface area contributed by atoms with Gasteiger partial charge in [-0.1, -0.05) is 13.3 Å². The second-order valence-electron chi connectivity index (χ2n) is 4.41. The first-order valence-electron chi connectivity index (χ1n) is 7.14. The van der Waals surface area contributed by atoms with E-state index in [1.54, 1.807) is 6.33 Å². The van der Waals surface area contributed by atoms with Crippen LogP contribution < -0.4 is 10.6 Å². The molecule has 0 saturated heterocycles. The molecule has 0 unspecified atom stereocenters. The van der Waals surface area contributed by atoms with Crippen molar-refractivity contribution in [2.24, 2.45) is 0 Å². The number of hydrogen-bond donors (Lipinski definition) is 2. The average molecular weight is 282 g/mol. The van der Waals surface area contributed by atoms with E-state index in [-0.39, 0.29) is 0 Å². The summed E-state index contributed by atoms with van der Waals surface area (Å²) in [7, 11) is 0. The van der Waals surface area contributed by atoms with E-state index in [1.807, 2.05) is 11.8 Å². The van der Waals surface area contributed by atoms with Crippen LogP contribution in [0.5, 0.6) is 0 Å². The van der Waals surface area contributed by atoms with E-state index in [1.165, 1.54) is 30.6 Å². The molecule has 4 nitrogen and oxygen atoms in total. The molecule has 0 atom stereocenters. The van der Waals surface area contributed by atoms with Crippen LogP contribution in [0.4, 0.5) is 11.6 Å². The van der Waals surface area contributed by atoms with Gasteiger partial charge in [-0.05, 0) is 38.2 Å². The summed E-state index contributed by atoms with van der Waals surface area (Å²) in [4.78, 5) is 8.66. The van der Waals surface area contributed by atoms with Gasteiger partial charge < -0.3 is 10.6 Å². The van der Waals surface area contributed by atoms with Crippen molar-refractivity contribution in [1.82, 2.24) is 9.97 Å². The Morgan fingerprint density at radius 1 is 1.05 bits per heavy atom. The van der Waals surface area contributed by atoms with Crippen molar-refractivity contribution in [3.8, 4) is 0 Å². The zero-order valence-electron chi connectivity index (χ0n) is 12.3. The number of aromatic nitrogens is 2. The van der Waals surface area contributed by atoms with Gasteiger partial charge in [0.05, 0.1) is 0 Å². The van der Waals surface area contributed by atoms with Crippen molar-refractivity contribution < 1.29 is 0 Å². The fraction of sp³-hybridized carbons (Fsp3) is 0.714. The zero-order valence-corrected chi connectivity index (χ0v) is 13.1. The van der Waals surface area contributed by atoms with Gasteiger partial charge in [0.2, 0.25) is 0 Å².